The van der Waals surface area contributed by atoms with Gasteiger partial charge in [-0.05, 0) is 23.6 Å². The first kappa shape index (κ1) is 21.6. The van der Waals surface area contributed by atoms with Crippen LogP contribution in [-0.2, 0) is 26.0 Å². The Bertz CT molecular complexity index is 882. The van der Waals surface area contributed by atoms with Crippen molar-refractivity contribution < 1.29 is 22.7 Å². The van der Waals surface area contributed by atoms with Crippen molar-refractivity contribution in [2.45, 2.75) is 37.8 Å². The Labute approximate surface area is 165 Å². The smallest absolute Gasteiger partial charge is 0.408 e. The lowest BCUT2D eigenvalue weighted by molar-refractivity contribution is -0.119. The minimum absolute atomic E-state index is 0.0659. The van der Waals surface area contributed by atoms with Crippen LogP contribution in [-0.4, -0.2) is 32.1 Å². The molecule has 0 aliphatic carbocycles. The van der Waals surface area contributed by atoms with Crippen LogP contribution in [0.5, 0.6) is 0 Å². The fourth-order valence-corrected chi connectivity index (χ4v) is 3.95. The van der Waals surface area contributed by atoms with Gasteiger partial charge in [-0.3, -0.25) is 4.79 Å². The quantitative estimate of drug-likeness (QED) is 0.693. The number of amides is 1. The molecule has 0 aromatic heterocycles. The largest absolute Gasteiger partial charge is 0.445 e. The van der Waals surface area contributed by atoms with Crippen LogP contribution in [0.3, 0.4) is 0 Å². The average molecular weight is 404 g/mol. The van der Waals surface area contributed by atoms with Crippen molar-refractivity contribution in [2.75, 3.05) is 5.75 Å². The lowest BCUT2D eigenvalue weighted by atomic mass is 9.96. The molecular weight excluding hydrogens is 378 g/mol. The first-order chi connectivity index (χ1) is 13.3. The number of alkyl carbamates (subject to hydrolysis) is 1. The summed E-state index contributed by atoms with van der Waals surface area (Å²) in [6.45, 7) is 3.72. The highest BCUT2D eigenvalue weighted by atomic mass is 32.2. The van der Waals surface area contributed by atoms with Gasteiger partial charge in [-0.15, -0.1) is 0 Å². The topological polar surface area (TPSA) is 89.5 Å². The second-order valence-electron chi connectivity index (χ2n) is 6.61. The average Bonchev–Trinajstić information content (AvgIpc) is 2.71. The van der Waals surface area contributed by atoms with E-state index < -0.39 is 33.5 Å². The van der Waals surface area contributed by atoms with Gasteiger partial charge in [0.15, 0.2) is 15.6 Å². The van der Waals surface area contributed by atoms with E-state index in [-0.39, 0.29) is 17.4 Å². The van der Waals surface area contributed by atoms with Gasteiger partial charge >= 0.3 is 6.09 Å². The predicted octanol–water partition coefficient (Wildman–Crippen LogP) is 3.37. The first-order valence-electron chi connectivity index (χ1n) is 9.11. The molecular formula is C21H25NO5S. The van der Waals surface area contributed by atoms with Crippen LogP contribution in [0, 0.1) is 5.92 Å². The van der Waals surface area contributed by atoms with Crippen LogP contribution in [0.1, 0.15) is 25.8 Å². The SMILES string of the molecule is CC[C@H](C)[C@H](NC(=O)OCc1ccccc1)C(=O)CS(=O)(=O)c1ccccc1. The Kier molecular flexibility index (Phi) is 7.75. The van der Waals surface area contributed by atoms with Crippen molar-refractivity contribution >= 4 is 21.7 Å². The molecule has 0 radical (unpaired) electrons. The summed E-state index contributed by atoms with van der Waals surface area (Å²) in [5.74, 6) is -1.47. The molecule has 0 fully saturated rings. The number of hydrogen-bond donors (Lipinski definition) is 1. The monoisotopic (exact) mass is 403 g/mol. The van der Waals surface area contributed by atoms with E-state index in [4.69, 9.17) is 4.74 Å². The number of ether oxygens (including phenoxy) is 1. The molecule has 1 amide bonds. The Morgan fingerprint density at radius 2 is 1.57 bits per heavy atom. The Hall–Kier alpha value is -2.67. The molecule has 0 heterocycles. The molecule has 2 aromatic carbocycles. The molecule has 28 heavy (non-hydrogen) atoms. The van der Waals surface area contributed by atoms with E-state index in [1.165, 1.54) is 12.1 Å². The van der Waals surface area contributed by atoms with Gasteiger partial charge in [-0.25, -0.2) is 13.2 Å². The zero-order chi connectivity index (χ0) is 20.6. The van der Waals surface area contributed by atoms with Crippen LogP contribution in [0.4, 0.5) is 4.79 Å². The van der Waals surface area contributed by atoms with Crippen molar-refractivity contribution in [1.29, 1.82) is 0 Å². The third kappa shape index (κ3) is 6.20. The fourth-order valence-electron chi connectivity index (χ4n) is 2.66. The number of ketones is 1. The number of rotatable bonds is 9. The second-order valence-corrected chi connectivity index (χ2v) is 8.60. The maximum Gasteiger partial charge on any atom is 0.408 e. The molecule has 2 aromatic rings. The molecule has 2 atom stereocenters. The summed E-state index contributed by atoms with van der Waals surface area (Å²) in [4.78, 5) is 24.9. The lowest BCUT2D eigenvalue weighted by Crippen LogP contribution is -2.47. The minimum atomic E-state index is -3.78. The molecule has 0 unspecified atom stereocenters. The summed E-state index contributed by atoms with van der Waals surface area (Å²) >= 11 is 0. The number of carbonyl (C=O) groups is 2. The van der Waals surface area contributed by atoms with Crippen LogP contribution >= 0.6 is 0 Å². The summed E-state index contributed by atoms with van der Waals surface area (Å²) in [5.41, 5.74) is 0.815. The van der Waals surface area contributed by atoms with Crippen LogP contribution in [0.15, 0.2) is 65.6 Å². The van der Waals surface area contributed by atoms with Gasteiger partial charge in [0.2, 0.25) is 0 Å². The number of nitrogens with one attached hydrogen (secondary N) is 1. The van der Waals surface area contributed by atoms with Gasteiger partial charge in [-0.1, -0.05) is 68.8 Å². The summed E-state index contributed by atoms with van der Waals surface area (Å²) in [6.07, 6.45) is -0.152. The van der Waals surface area contributed by atoms with E-state index in [0.717, 1.165) is 5.56 Å². The number of sulfone groups is 1. The minimum Gasteiger partial charge on any atom is -0.445 e. The van der Waals surface area contributed by atoms with Gasteiger partial charge in [0.05, 0.1) is 10.9 Å². The Morgan fingerprint density at radius 3 is 2.14 bits per heavy atom. The highest BCUT2D eigenvalue weighted by Gasteiger charge is 2.30. The van der Waals surface area contributed by atoms with Gasteiger partial charge < -0.3 is 10.1 Å². The molecule has 0 aliphatic heterocycles. The Morgan fingerprint density at radius 1 is 1.00 bits per heavy atom. The molecule has 0 aliphatic rings. The highest BCUT2D eigenvalue weighted by molar-refractivity contribution is 7.92. The molecule has 1 N–H and O–H groups in total. The van der Waals surface area contributed by atoms with Crippen LogP contribution < -0.4 is 5.32 Å². The number of hydrogen-bond acceptors (Lipinski definition) is 5. The third-order valence-corrected chi connectivity index (χ3v) is 6.14. The zero-order valence-electron chi connectivity index (χ0n) is 16.0. The van der Waals surface area contributed by atoms with Crippen LogP contribution in [0.2, 0.25) is 0 Å². The highest BCUT2D eigenvalue weighted by Crippen LogP contribution is 2.15. The first-order valence-corrected chi connectivity index (χ1v) is 10.8. The van der Waals surface area contributed by atoms with E-state index >= 15 is 0 Å². The van der Waals surface area contributed by atoms with Crippen molar-refractivity contribution in [3.63, 3.8) is 0 Å². The van der Waals surface area contributed by atoms with Crippen molar-refractivity contribution in [1.82, 2.24) is 5.32 Å². The lowest BCUT2D eigenvalue weighted by Gasteiger charge is -2.23. The molecule has 0 saturated heterocycles. The van der Waals surface area contributed by atoms with Gasteiger partial charge in [0.25, 0.3) is 0 Å². The molecule has 0 spiro atoms. The second kappa shape index (κ2) is 10.0. The summed E-state index contributed by atoms with van der Waals surface area (Å²) in [5, 5.41) is 2.54. The maximum absolute atomic E-state index is 12.7. The molecule has 150 valence electrons. The van der Waals surface area contributed by atoms with E-state index in [2.05, 4.69) is 5.32 Å². The third-order valence-electron chi connectivity index (χ3n) is 4.48. The summed E-state index contributed by atoms with van der Waals surface area (Å²) < 4.78 is 30.1. The van der Waals surface area contributed by atoms with Crippen molar-refractivity contribution in [3.05, 3.63) is 66.2 Å². The fraction of sp³-hybridized carbons (Fsp3) is 0.333. The number of carbonyl (C=O) groups excluding carboxylic acids is 2. The molecule has 0 bridgehead atoms. The summed E-state index contributed by atoms with van der Waals surface area (Å²) in [7, 11) is -3.78. The molecule has 0 saturated carbocycles. The van der Waals surface area contributed by atoms with Crippen molar-refractivity contribution in [3.8, 4) is 0 Å². The van der Waals surface area contributed by atoms with E-state index in [0.29, 0.717) is 6.42 Å². The van der Waals surface area contributed by atoms with Gasteiger partial charge in [0.1, 0.15) is 12.4 Å². The van der Waals surface area contributed by atoms with E-state index in [1.807, 2.05) is 37.3 Å². The van der Waals surface area contributed by atoms with E-state index in [9.17, 15) is 18.0 Å². The van der Waals surface area contributed by atoms with Gasteiger partial charge in [0, 0.05) is 0 Å². The zero-order valence-corrected chi connectivity index (χ0v) is 16.8. The van der Waals surface area contributed by atoms with Crippen LogP contribution in [0.25, 0.3) is 0 Å². The van der Waals surface area contributed by atoms with Crippen molar-refractivity contribution in [2.24, 2.45) is 5.92 Å². The number of benzene rings is 2. The molecule has 6 nitrogen and oxygen atoms in total. The Balaban J connectivity index is 2.03. The molecule has 7 heteroatoms. The maximum atomic E-state index is 12.7. The molecule has 2 rings (SSSR count). The number of Topliss-reactive ketones (excluding diaryl/α,β-unsaturated/α-hetero) is 1. The van der Waals surface area contributed by atoms with Gasteiger partial charge in [-0.2, -0.15) is 0 Å². The summed E-state index contributed by atoms with van der Waals surface area (Å²) in [6, 6.07) is 16.0. The predicted molar refractivity (Wildman–Crippen MR) is 107 cm³/mol. The van der Waals surface area contributed by atoms with E-state index in [1.54, 1.807) is 25.1 Å². The standard InChI is InChI=1S/C21H25NO5S/c1-3-16(2)20(22-21(24)27-14-17-10-6-4-7-11-17)19(23)15-28(25,26)18-12-8-5-9-13-18/h4-13,16,20H,3,14-15H2,1-2H3,(H,22,24)/t16-,20-/m0/s1. The normalized spacial score (nSPS) is 13.4.